The Morgan fingerprint density at radius 2 is 0.891 bits per heavy atom. The van der Waals surface area contributed by atoms with Crippen LogP contribution in [0.25, 0.3) is 88.0 Å². The molecule has 0 aliphatic rings. The van der Waals surface area contributed by atoms with Crippen molar-refractivity contribution in [3.63, 3.8) is 0 Å². The summed E-state index contributed by atoms with van der Waals surface area (Å²) in [6, 6.07) is 70.9. The van der Waals surface area contributed by atoms with Crippen molar-refractivity contribution in [1.29, 1.82) is 0 Å². The molecule has 3 nitrogen and oxygen atoms in total. The van der Waals surface area contributed by atoms with Crippen LogP contribution in [0.4, 0.5) is 17.1 Å². The second-order valence-corrected chi connectivity index (χ2v) is 14.1. The molecule has 0 N–H and O–H groups in total. The molecule has 2 aromatic heterocycles. The second-order valence-electron chi connectivity index (χ2n) is 14.1. The number of nitrogens with zero attached hydrogens (tertiary/aromatic N) is 1. The van der Waals surface area contributed by atoms with E-state index < -0.39 is 0 Å². The zero-order valence-corrected chi connectivity index (χ0v) is 29.8. The number of para-hydroxylation sites is 2. The van der Waals surface area contributed by atoms with Gasteiger partial charge in [-0.2, -0.15) is 0 Å². The van der Waals surface area contributed by atoms with Gasteiger partial charge in [-0.3, -0.25) is 0 Å². The summed E-state index contributed by atoms with van der Waals surface area (Å²) >= 11 is 0. The van der Waals surface area contributed by atoms with Crippen LogP contribution < -0.4 is 4.90 Å². The number of benzene rings is 9. The van der Waals surface area contributed by atoms with Crippen LogP contribution in [-0.4, -0.2) is 0 Å². The molecule has 3 heteroatoms. The van der Waals surface area contributed by atoms with E-state index in [1.807, 2.05) is 18.2 Å². The predicted octanol–water partition coefficient (Wildman–Crippen LogP) is 15.1. The first-order chi connectivity index (χ1) is 27.2. The van der Waals surface area contributed by atoms with Gasteiger partial charge in [0.25, 0.3) is 0 Å². The minimum Gasteiger partial charge on any atom is -0.456 e. The number of hydrogen-bond donors (Lipinski definition) is 0. The van der Waals surface area contributed by atoms with Crippen molar-refractivity contribution < 1.29 is 8.83 Å². The summed E-state index contributed by atoms with van der Waals surface area (Å²) in [6.07, 6.45) is 0. The van der Waals surface area contributed by atoms with Gasteiger partial charge in [-0.1, -0.05) is 140 Å². The topological polar surface area (TPSA) is 29.5 Å². The average molecular weight is 704 g/mol. The third-order valence-electron chi connectivity index (χ3n) is 10.9. The summed E-state index contributed by atoms with van der Waals surface area (Å²) < 4.78 is 13.1. The molecule has 9 aromatic carbocycles. The molecule has 0 fully saturated rings. The zero-order chi connectivity index (χ0) is 36.3. The van der Waals surface area contributed by atoms with E-state index in [0.717, 1.165) is 83.2 Å². The Labute approximate surface area is 317 Å². The molecule has 0 atom stereocenters. The fraction of sp³-hybridized carbons (Fsp3) is 0. The summed E-state index contributed by atoms with van der Waals surface area (Å²) in [5.74, 6) is 0. The molecule has 0 unspecified atom stereocenters. The van der Waals surface area contributed by atoms with Crippen LogP contribution in [0.3, 0.4) is 0 Å². The molecule has 0 bridgehead atoms. The number of anilines is 3. The van der Waals surface area contributed by atoms with Crippen LogP contribution in [0.15, 0.2) is 209 Å². The Hall–Kier alpha value is -7.36. The molecule has 0 aliphatic carbocycles. The van der Waals surface area contributed by atoms with Gasteiger partial charge >= 0.3 is 0 Å². The highest BCUT2D eigenvalue weighted by Gasteiger charge is 2.22. The summed E-state index contributed by atoms with van der Waals surface area (Å²) in [4.78, 5) is 2.32. The molecular formula is C52H33NO2. The summed E-state index contributed by atoms with van der Waals surface area (Å²) in [6.45, 7) is 0. The molecule has 0 spiro atoms. The highest BCUT2D eigenvalue weighted by atomic mass is 16.3. The molecule has 11 aromatic rings. The summed E-state index contributed by atoms with van der Waals surface area (Å²) in [5.41, 5.74) is 13.4. The molecule has 11 rings (SSSR count). The van der Waals surface area contributed by atoms with E-state index >= 15 is 0 Å². The molecule has 2 heterocycles. The lowest BCUT2D eigenvalue weighted by Gasteiger charge is -2.26. The molecule has 0 amide bonds. The van der Waals surface area contributed by atoms with Gasteiger partial charge < -0.3 is 13.7 Å². The smallest absolute Gasteiger partial charge is 0.160 e. The first-order valence-corrected chi connectivity index (χ1v) is 18.7. The maximum atomic E-state index is 6.81. The van der Waals surface area contributed by atoms with E-state index in [4.69, 9.17) is 8.83 Å². The Balaban J connectivity index is 1.06. The normalized spacial score (nSPS) is 11.6. The number of rotatable bonds is 6. The van der Waals surface area contributed by atoms with Crippen LogP contribution >= 0.6 is 0 Å². The molecule has 0 saturated carbocycles. The first-order valence-electron chi connectivity index (χ1n) is 18.7. The molecule has 0 saturated heterocycles. The zero-order valence-electron chi connectivity index (χ0n) is 29.8. The van der Waals surface area contributed by atoms with E-state index in [1.165, 1.54) is 21.9 Å². The van der Waals surface area contributed by atoms with E-state index in [9.17, 15) is 0 Å². The Morgan fingerprint density at radius 1 is 0.327 bits per heavy atom. The fourth-order valence-electron chi connectivity index (χ4n) is 8.16. The van der Waals surface area contributed by atoms with E-state index in [0.29, 0.717) is 0 Å². The predicted molar refractivity (Wildman–Crippen MR) is 229 cm³/mol. The van der Waals surface area contributed by atoms with Crippen molar-refractivity contribution in [2.24, 2.45) is 0 Å². The fourth-order valence-corrected chi connectivity index (χ4v) is 8.16. The minimum atomic E-state index is 0.848. The van der Waals surface area contributed by atoms with Gasteiger partial charge in [0.1, 0.15) is 16.7 Å². The molecule has 258 valence electrons. The maximum Gasteiger partial charge on any atom is 0.160 e. The largest absolute Gasteiger partial charge is 0.456 e. The van der Waals surface area contributed by atoms with Crippen LogP contribution in [-0.2, 0) is 0 Å². The SMILES string of the molecule is c1ccc(-c2ccc(N(c3ccc(-c4ccc5ccccc5c4)cc3)c3ccc(-c4ccc5c(c4)oc4ccccc45)cc3)c3oc4ccccc4c23)cc1. The third-order valence-corrected chi connectivity index (χ3v) is 10.9. The van der Waals surface area contributed by atoms with Gasteiger partial charge in [0, 0.05) is 32.9 Å². The molecule has 0 radical (unpaired) electrons. The molecular weight excluding hydrogens is 671 g/mol. The number of fused-ring (bicyclic) bond motifs is 7. The van der Waals surface area contributed by atoms with Crippen LogP contribution in [0.2, 0.25) is 0 Å². The van der Waals surface area contributed by atoms with E-state index in [1.54, 1.807) is 0 Å². The van der Waals surface area contributed by atoms with E-state index in [-0.39, 0.29) is 0 Å². The summed E-state index contributed by atoms with van der Waals surface area (Å²) in [5, 5.41) is 6.94. The highest BCUT2D eigenvalue weighted by molar-refractivity contribution is 6.17. The van der Waals surface area contributed by atoms with Crippen molar-refractivity contribution in [3.8, 4) is 33.4 Å². The Bertz CT molecular complexity index is 3190. The van der Waals surface area contributed by atoms with Crippen LogP contribution in [0.1, 0.15) is 0 Å². The van der Waals surface area contributed by atoms with Crippen molar-refractivity contribution in [3.05, 3.63) is 200 Å². The lowest BCUT2D eigenvalue weighted by molar-refractivity contribution is 0.668. The third kappa shape index (κ3) is 5.28. The Kier molecular flexibility index (Phi) is 7.17. The highest BCUT2D eigenvalue weighted by Crippen LogP contribution is 2.46. The molecule has 0 aliphatic heterocycles. The first kappa shape index (κ1) is 31.2. The lowest BCUT2D eigenvalue weighted by Crippen LogP contribution is -2.10. The molecule has 55 heavy (non-hydrogen) atoms. The summed E-state index contributed by atoms with van der Waals surface area (Å²) in [7, 11) is 0. The van der Waals surface area contributed by atoms with E-state index in [2.05, 4.69) is 187 Å². The maximum absolute atomic E-state index is 6.81. The van der Waals surface area contributed by atoms with Gasteiger partial charge in [-0.25, -0.2) is 0 Å². The van der Waals surface area contributed by atoms with Crippen molar-refractivity contribution in [2.45, 2.75) is 0 Å². The monoisotopic (exact) mass is 703 g/mol. The van der Waals surface area contributed by atoms with Gasteiger partial charge in [0.05, 0.1) is 5.69 Å². The minimum absolute atomic E-state index is 0.848. The van der Waals surface area contributed by atoms with Crippen LogP contribution in [0, 0.1) is 0 Å². The second kappa shape index (κ2) is 12.6. The van der Waals surface area contributed by atoms with Crippen molar-refractivity contribution >= 4 is 71.7 Å². The van der Waals surface area contributed by atoms with Gasteiger partial charge in [0.2, 0.25) is 0 Å². The lowest BCUT2D eigenvalue weighted by atomic mass is 9.97. The van der Waals surface area contributed by atoms with Crippen LogP contribution in [0.5, 0.6) is 0 Å². The number of furan rings is 2. The van der Waals surface area contributed by atoms with Gasteiger partial charge in [-0.05, 0) is 105 Å². The Morgan fingerprint density at radius 3 is 1.64 bits per heavy atom. The van der Waals surface area contributed by atoms with Gasteiger partial charge in [-0.15, -0.1) is 0 Å². The average Bonchev–Trinajstić information content (AvgIpc) is 3.83. The van der Waals surface area contributed by atoms with Gasteiger partial charge in [0.15, 0.2) is 5.58 Å². The number of hydrogen-bond acceptors (Lipinski definition) is 3. The van der Waals surface area contributed by atoms with Crippen molar-refractivity contribution in [1.82, 2.24) is 0 Å². The van der Waals surface area contributed by atoms with Crippen molar-refractivity contribution in [2.75, 3.05) is 4.90 Å². The quantitative estimate of drug-likeness (QED) is 0.173. The standard InChI is InChI=1S/C52H33NO2/c1-2-11-37(12-3-1)43-30-31-47(52-51(43)46-15-7-9-17-49(46)55-52)53(41-25-20-35(21-26-41)39-19-18-34-10-4-5-13-38(34)32-39)42-27-22-36(23-28-42)40-24-29-45-44-14-6-8-16-48(44)54-50(45)33-40/h1-33H.